The number of hydrogen-bond acceptors (Lipinski definition) is 4. The third kappa shape index (κ3) is 2.14. The first kappa shape index (κ1) is 12.3. The Balaban J connectivity index is 1.94. The molecule has 6 heteroatoms. The van der Waals surface area contributed by atoms with Gasteiger partial charge in [0.15, 0.2) is 0 Å². The zero-order valence-corrected chi connectivity index (χ0v) is 10.1. The van der Waals surface area contributed by atoms with Crippen LogP contribution in [0, 0.1) is 0 Å². The van der Waals surface area contributed by atoms with Crippen molar-refractivity contribution < 1.29 is 14.7 Å². The number of nitrogens with one attached hydrogen (secondary N) is 1. The lowest BCUT2D eigenvalue weighted by Gasteiger charge is -2.37. The van der Waals surface area contributed by atoms with Crippen LogP contribution in [0.1, 0.15) is 19.3 Å². The number of urea groups is 1. The van der Waals surface area contributed by atoms with E-state index in [4.69, 9.17) is 5.11 Å². The monoisotopic (exact) mass is 241 g/mol. The number of carbonyl (C=O) groups excluding carboxylic acids is 2. The molecular formula is C11H19N3O3. The van der Waals surface area contributed by atoms with Crippen molar-refractivity contribution >= 4 is 11.9 Å². The zero-order valence-electron chi connectivity index (χ0n) is 10.1. The minimum atomic E-state index is -0.665. The lowest BCUT2D eigenvalue weighted by molar-refractivity contribution is -0.132. The van der Waals surface area contributed by atoms with Gasteiger partial charge in [-0.15, -0.1) is 0 Å². The van der Waals surface area contributed by atoms with Gasteiger partial charge in [-0.1, -0.05) is 0 Å². The molecule has 17 heavy (non-hydrogen) atoms. The number of imide groups is 1. The molecule has 6 nitrogen and oxygen atoms in total. The Morgan fingerprint density at radius 1 is 1.35 bits per heavy atom. The van der Waals surface area contributed by atoms with Gasteiger partial charge in [-0.25, -0.2) is 4.79 Å². The summed E-state index contributed by atoms with van der Waals surface area (Å²) in [6, 6.07) is -0.293. The van der Waals surface area contributed by atoms with E-state index in [-0.39, 0.29) is 18.5 Å². The van der Waals surface area contributed by atoms with E-state index >= 15 is 0 Å². The second-order valence-corrected chi connectivity index (χ2v) is 4.80. The van der Waals surface area contributed by atoms with Crippen LogP contribution in [-0.2, 0) is 4.79 Å². The molecule has 96 valence electrons. The number of amides is 3. The van der Waals surface area contributed by atoms with Gasteiger partial charge in [0.1, 0.15) is 5.54 Å². The average molecular weight is 241 g/mol. The van der Waals surface area contributed by atoms with Crippen LogP contribution in [0.5, 0.6) is 0 Å². The number of likely N-dealkylation sites (tertiary alicyclic amines) is 1. The molecule has 2 rings (SSSR count). The highest BCUT2D eigenvalue weighted by Crippen LogP contribution is 2.28. The largest absolute Gasteiger partial charge is 0.396 e. The normalized spacial score (nSPS) is 24.5. The van der Waals surface area contributed by atoms with Crippen molar-refractivity contribution in [2.45, 2.75) is 24.8 Å². The highest BCUT2D eigenvalue weighted by molar-refractivity contribution is 6.06. The Morgan fingerprint density at radius 2 is 2.00 bits per heavy atom. The van der Waals surface area contributed by atoms with Crippen LogP contribution >= 0.6 is 0 Å². The molecule has 0 atom stereocenters. The Hall–Kier alpha value is -1.14. The quantitative estimate of drug-likeness (QED) is 0.646. The maximum Gasteiger partial charge on any atom is 0.324 e. The summed E-state index contributed by atoms with van der Waals surface area (Å²) < 4.78 is 0. The van der Waals surface area contributed by atoms with E-state index in [0.717, 1.165) is 26.1 Å². The Morgan fingerprint density at radius 3 is 2.47 bits per heavy atom. The van der Waals surface area contributed by atoms with Gasteiger partial charge in [-0.05, 0) is 19.3 Å². The summed E-state index contributed by atoms with van der Waals surface area (Å²) in [6.45, 7) is 2.63. The number of carbonyl (C=O) groups is 2. The van der Waals surface area contributed by atoms with Crippen LogP contribution in [0.25, 0.3) is 0 Å². The van der Waals surface area contributed by atoms with E-state index in [1.807, 2.05) is 0 Å². The summed E-state index contributed by atoms with van der Waals surface area (Å²) in [6.07, 6.45) is 2.08. The standard InChI is InChI=1S/C11H19N3O3/c1-13-9(16)11(12-10(13)17)3-6-14(7-4-11)5-2-8-15/h15H,2-8H2,1H3,(H,12,17). The van der Waals surface area contributed by atoms with Crippen LogP contribution in [0.3, 0.4) is 0 Å². The predicted octanol–water partition coefficient (Wildman–Crippen LogP) is -0.615. The van der Waals surface area contributed by atoms with Gasteiger partial charge in [0, 0.05) is 33.3 Å². The van der Waals surface area contributed by atoms with E-state index in [2.05, 4.69) is 10.2 Å². The fourth-order valence-electron chi connectivity index (χ4n) is 2.55. The minimum absolute atomic E-state index is 0.107. The molecule has 2 aliphatic heterocycles. The van der Waals surface area contributed by atoms with Crippen molar-refractivity contribution in [1.29, 1.82) is 0 Å². The molecule has 2 aliphatic rings. The number of likely N-dealkylation sites (N-methyl/N-ethyl adjacent to an activating group) is 1. The predicted molar refractivity (Wildman–Crippen MR) is 61.4 cm³/mol. The summed E-state index contributed by atoms with van der Waals surface area (Å²) in [5.41, 5.74) is -0.665. The van der Waals surface area contributed by atoms with Gasteiger partial charge in [-0.2, -0.15) is 0 Å². The molecule has 0 saturated carbocycles. The molecule has 0 aliphatic carbocycles. The average Bonchev–Trinajstić information content (AvgIpc) is 2.54. The van der Waals surface area contributed by atoms with Crippen LogP contribution < -0.4 is 5.32 Å². The molecule has 0 aromatic heterocycles. The first-order chi connectivity index (χ1) is 8.09. The second kappa shape index (κ2) is 4.62. The molecule has 3 amide bonds. The third-order valence-corrected chi connectivity index (χ3v) is 3.71. The number of aliphatic hydroxyl groups excluding tert-OH is 1. The number of hydrogen-bond donors (Lipinski definition) is 2. The fourth-order valence-corrected chi connectivity index (χ4v) is 2.55. The molecule has 1 spiro atoms. The van der Waals surface area contributed by atoms with Crippen molar-refractivity contribution in [3.8, 4) is 0 Å². The molecule has 0 bridgehead atoms. The van der Waals surface area contributed by atoms with Crippen LogP contribution in [0.4, 0.5) is 4.79 Å². The highest BCUT2D eigenvalue weighted by atomic mass is 16.3. The molecule has 0 aromatic carbocycles. The minimum Gasteiger partial charge on any atom is -0.396 e. The third-order valence-electron chi connectivity index (χ3n) is 3.71. The zero-order chi connectivity index (χ0) is 12.5. The number of piperidine rings is 1. The fraction of sp³-hybridized carbons (Fsp3) is 0.818. The van der Waals surface area contributed by atoms with Crippen molar-refractivity contribution in [1.82, 2.24) is 15.1 Å². The van der Waals surface area contributed by atoms with Crippen molar-refractivity contribution in [2.75, 3.05) is 33.3 Å². The molecule has 2 saturated heterocycles. The van der Waals surface area contributed by atoms with E-state index in [1.165, 1.54) is 11.9 Å². The summed E-state index contributed by atoms with van der Waals surface area (Å²) in [5, 5.41) is 11.6. The van der Waals surface area contributed by atoms with E-state index < -0.39 is 5.54 Å². The van der Waals surface area contributed by atoms with Gasteiger partial charge in [0.2, 0.25) is 0 Å². The summed E-state index contributed by atoms with van der Waals surface area (Å²) >= 11 is 0. The molecular weight excluding hydrogens is 222 g/mol. The maximum atomic E-state index is 12.0. The maximum absolute atomic E-state index is 12.0. The van der Waals surface area contributed by atoms with Gasteiger partial charge >= 0.3 is 6.03 Å². The topological polar surface area (TPSA) is 72.9 Å². The number of aliphatic hydroxyl groups is 1. The van der Waals surface area contributed by atoms with Crippen LogP contribution in [0.2, 0.25) is 0 Å². The smallest absolute Gasteiger partial charge is 0.324 e. The van der Waals surface area contributed by atoms with Crippen molar-refractivity contribution in [3.63, 3.8) is 0 Å². The first-order valence-electron chi connectivity index (χ1n) is 6.02. The summed E-state index contributed by atoms with van der Waals surface area (Å²) in [5.74, 6) is -0.107. The summed E-state index contributed by atoms with van der Waals surface area (Å²) in [7, 11) is 1.52. The van der Waals surface area contributed by atoms with Gasteiger partial charge < -0.3 is 15.3 Å². The summed E-state index contributed by atoms with van der Waals surface area (Å²) in [4.78, 5) is 26.8. The highest BCUT2D eigenvalue weighted by Gasteiger charge is 2.50. The van der Waals surface area contributed by atoms with Gasteiger partial charge in [0.25, 0.3) is 5.91 Å². The lowest BCUT2D eigenvalue weighted by atomic mass is 9.87. The molecule has 0 unspecified atom stereocenters. The van der Waals surface area contributed by atoms with E-state index in [9.17, 15) is 9.59 Å². The molecule has 0 aromatic rings. The SMILES string of the molecule is CN1C(=O)NC2(CCN(CCCO)CC2)C1=O. The van der Waals surface area contributed by atoms with E-state index in [1.54, 1.807) is 0 Å². The van der Waals surface area contributed by atoms with Crippen molar-refractivity contribution in [3.05, 3.63) is 0 Å². The van der Waals surface area contributed by atoms with Gasteiger partial charge in [0.05, 0.1) is 0 Å². The Bertz CT molecular complexity index is 324. The van der Waals surface area contributed by atoms with Gasteiger partial charge in [-0.3, -0.25) is 9.69 Å². The van der Waals surface area contributed by atoms with Crippen LogP contribution in [-0.4, -0.2) is 65.7 Å². The Kier molecular flexibility index (Phi) is 3.35. The molecule has 0 radical (unpaired) electrons. The first-order valence-corrected chi connectivity index (χ1v) is 6.02. The number of nitrogens with zero attached hydrogens (tertiary/aromatic N) is 2. The van der Waals surface area contributed by atoms with Crippen LogP contribution in [0.15, 0.2) is 0 Å². The molecule has 2 fully saturated rings. The van der Waals surface area contributed by atoms with Crippen molar-refractivity contribution in [2.24, 2.45) is 0 Å². The molecule has 2 N–H and O–H groups in total. The van der Waals surface area contributed by atoms with E-state index in [0.29, 0.717) is 12.8 Å². The second-order valence-electron chi connectivity index (χ2n) is 4.80. The lowest BCUT2D eigenvalue weighted by Crippen LogP contribution is -2.54. The Labute approximate surface area is 101 Å². The molecule has 2 heterocycles. The number of rotatable bonds is 3.